The van der Waals surface area contributed by atoms with Gasteiger partial charge >= 0.3 is 6.01 Å². The molecule has 0 amide bonds. The average molecular weight is 239 g/mol. The third-order valence-electron chi connectivity index (χ3n) is 2.44. The number of hydrogen-bond donors (Lipinski definition) is 1. The van der Waals surface area contributed by atoms with Gasteiger partial charge in [0.15, 0.2) is 0 Å². The van der Waals surface area contributed by atoms with Gasteiger partial charge in [-0.2, -0.15) is 4.98 Å². The summed E-state index contributed by atoms with van der Waals surface area (Å²) in [6.07, 6.45) is 0.830. The first kappa shape index (κ1) is 13.7. The van der Waals surface area contributed by atoms with Crippen LogP contribution in [0, 0.1) is 6.92 Å². The van der Waals surface area contributed by atoms with Gasteiger partial charge in [-0.3, -0.25) is 0 Å². The van der Waals surface area contributed by atoms with Gasteiger partial charge in [-0.05, 0) is 27.2 Å². The summed E-state index contributed by atoms with van der Waals surface area (Å²) in [5, 5.41) is 0. The van der Waals surface area contributed by atoms with Gasteiger partial charge in [-0.25, -0.2) is 4.98 Å². The smallest absolute Gasteiger partial charge is 0.319 e. The Hall–Kier alpha value is -1.36. The van der Waals surface area contributed by atoms with E-state index in [4.69, 9.17) is 15.2 Å². The van der Waals surface area contributed by atoms with Gasteiger partial charge in [-0.15, -0.1) is 0 Å². The third kappa shape index (κ3) is 4.56. The molecule has 1 atom stereocenters. The molecular formula is C12H21N3O2. The van der Waals surface area contributed by atoms with Gasteiger partial charge in [-0.1, -0.05) is 6.92 Å². The average Bonchev–Trinajstić information content (AvgIpc) is 2.26. The Kier molecular flexibility index (Phi) is 4.69. The molecule has 5 heteroatoms. The van der Waals surface area contributed by atoms with Crippen LogP contribution in [0.1, 0.15) is 32.9 Å². The number of nitrogens with zero attached hydrogens (tertiary/aromatic N) is 2. The van der Waals surface area contributed by atoms with Crippen molar-refractivity contribution in [3.8, 4) is 11.9 Å². The molecule has 96 valence electrons. The van der Waals surface area contributed by atoms with Crippen LogP contribution in [0.15, 0.2) is 6.07 Å². The Bertz CT molecular complexity index is 367. The zero-order valence-electron chi connectivity index (χ0n) is 11.0. The van der Waals surface area contributed by atoms with Crippen LogP contribution >= 0.6 is 0 Å². The van der Waals surface area contributed by atoms with Crippen LogP contribution in [-0.4, -0.2) is 28.7 Å². The summed E-state index contributed by atoms with van der Waals surface area (Å²) in [4.78, 5) is 8.33. The molecule has 0 radical (unpaired) electrons. The number of nitrogens with two attached hydrogens (primary N) is 1. The van der Waals surface area contributed by atoms with Gasteiger partial charge in [0.25, 0.3) is 0 Å². The molecule has 17 heavy (non-hydrogen) atoms. The lowest BCUT2D eigenvalue weighted by molar-refractivity contribution is 0.206. The van der Waals surface area contributed by atoms with Crippen LogP contribution < -0.4 is 15.2 Å². The zero-order valence-corrected chi connectivity index (χ0v) is 11.0. The monoisotopic (exact) mass is 239 g/mol. The first-order valence-electron chi connectivity index (χ1n) is 5.87. The molecule has 0 aromatic carbocycles. The molecule has 0 fully saturated rings. The molecule has 0 saturated heterocycles. The molecule has 1 unspecified atom stereocenters. The van der Waals surface area contributed by atoms with E-state index in [1.807, 2.05) is 27.7 Å². The van der Waals surface area contributed by atoms with E-state index in [1.54, 1.807) is 6.07 Å². The largest absolute Gasteiger partial charge is 0.478 e. The molecule has 0 saturated carbocycles. The fourth-order valence-corrected chi connectivity index (χ4v) is 1.13. The first-order valence-corrected chi connectivity index (χ1v) is 5.87. The molecule has 5 nitrogen and oxygen atoms in total. The summed E-state index contributed by atoms with van der Waals surface area (Å²) < 4.78 is 10.8. The van der Waals surface area contributed by atoms with Crippen LogP contribution in [-0.2, 0) is 0 Å². The van der Waals surface area contributed by atoms with Crippen molar-refractivity contribution in [2.75, 3.05) is 13.2 Å². The van der Waals surface area contributed by atoms with E-state index in [0.717, 1.165) is 12.1 Å². The summed E-state index contributed by atoms with van der Waals surface area (Å²) in [6, 6.07) is 2.09. The Morgan fingerprint density at radius 3 is 2.59 bits per heavy atom. The Labute approximate surface area is 102 Å². The second-order valence-electron chi connectivity index (χ2n) is 4.36. The van der Waals surface area contributed by atoms with Gasteiger partial charge in [0.2, 0.25) is 5.88 Å². The number of ether oxygens (including phenoxy) is 2. The predicted octanol–water partition coefficient (Wildman–Crippen LogP) is 1.69. The lowest BCUT2D eigenvalue weighted by Gasteiger charge is -2.22. The standard InChI is InChI=1S/C12H21N3O2/c1-5-12(4,13)8-17-11-14-9(3)7-10(15-11)16-6-2/h7H,5-6,8,13H2,1-4H3. The van der Waals surface area contributed by atoms with Crippen molar-refractivity contribution >= 4 is 0 Å². The molecule has 0 aliphatic heterocycles. The zero-order chi connectivity index (χ0) is 12.9. The molecule has 0 aliphatic carbocycles. The van der Waals surface area contributed by atoms with Crippen LogP contribution in [0.25, 0.3) is 0 Å². The summed E-state index contributed by atoms with van der Waals surface area (Å²) in [5.41, 5.74) is 6.44. The lowest BCUT2D eigenvalue weighted by atomic mass is 10.0. The van der Waals surface area contributed by atoms with E-state index in [2.05, 4.69) is 9.97 Å². The van der Waals surface area contributed by atoms with Crippen molar-refractivity contribution < 1.29 is 9.47 Å². The minimum absolute atomic E-state index is 0.318. The van der Waals surface area contributed by atoms with Crippen LogP contribution in [0.3, 0.4) is 0 Å². The maximum Gasteiger partial charge on any atom is 0.319 e. The van der Waals surface area contributed by atoms with E-state index >= 15 is 0 Å². The highest BCUT2D eigenvalue weighted by Gasteiger charge is 2.17. The Morgan fingerprint density at radius 2 is 2.00 bits per heavy atom. The van der Waals surface area contributed by atoms with Gasteiger partial charge in [0, 0.05) is 17.3 Å². The topological polar surface area (TPSA) is 70.3 Å². The lowest BCUT2D eigenvalue weighted by Crippen LogP contribution is -2.41. The highest BCUT2D eigenvalue weighted by Crippen LogP contribution is 2.15. The Morgan fingerprint density at radius 1 is 1.29 bits per heavy atom. The fraction of sp³-hybridized carbons (Fsp3) is 0.667. The maximum atomic E-state index is 5.99. The van der Waals surface area contributed by atoms with Crippen molar-refractivity contribution in [1.29, 1.82) is 0 Å². The molecule has 0 spiro atoms. The quantitative estimate of drug-likeness (QED) is 0.818. The van der Waals surface area contributed by atoms with Crippen LogP contribution in [0.4, 0.5) is 0 Å². The van der Waals surface area contributed by atoms with Crippen molar-refractivity contribution in [2.24, 2.45) is 5.73 Å². The fourth-order valence-electron chi connectivity index (χ4n) is 1.13. The summed E-state index contributed by atoms with van der Waals surface area (Å²) >= 11 is 0. The first-order chi connectivity index (χ1) is 7.96. The highest BCUT2D eigenvalue weighted by molar-refractivity contribution is 5.17. The second-order valence-corrected chi connectivity index (χ2v) is 4.36. The van der Waals surface area contributed by atoms with Gasteiger partial charge < -0.3 is 15.2 Å². The van der Waals surface area contributed by atoms with E-state index in [9.17, 15) is 0 Å². The third-order valence-corrected chi connectivity index (χ3v) is 2.44. The molecule has 2 N–H and O–H groups in total. The molecular weight excluding hydrogens is 218 g/mol. The summed E-state index contributed by atoms with van der Waals surface area (Å²) in [7, 11) is 0. The summed E-state index contributed by atoms with van der Waals surface area (Å²) in [5.74, 6) is 0.533. The molecule has 0 aliphatic rings. The Balaban J connectivity index is 2.70. The molecule has 1 aromatic rings. The molecule has 1 aromatic heterocycles. The number of rotatable bonds is 6. The maximum absolute atomic E-state index is 5.99. The number of aryl methyl sites for hydroxylation is 1. The molecule has 0 bridgehead atoms. The normalized spacial score (nSPS) is 14.2. The van der Waals surface area contributed by atoms with E-state index in [-0.39, 0.29) is 5.54 Å². The SMILES string of the molecule is CCOc1cc(C)nc(OCC(C)(N)CC)n1. The van der Waals surface area contributed by atoms with E-state index in [1.165, 1.54) is 0 Å². The van der Waals surface area contributed by atoms with E-state index in [0.29, 0.717) is 25.1 Å². The van der Waals surface area contributed by atoms with Crippen LogP contribution in [0.5, 0.6) is 11.9 Å². The van der Waals surface area contributed by atoms with Crippen molar-refractivity contribution in [2.45, 2.75) is 39.7 Å². The van der Waals surface area contributed by atoms with Crippen molar-refractivity contribution in [3.05, 3.63) is 11.8 Å². The van der Waals surface area contributed by atoms with Gasteiger partial charge in [0.05, 0.1) is 6.61 Å². The second kappa shape index (κ2) is 5.82. The number of aromatic nitrogens is 2. The number of hydrogen-bond acceptors (Lipinski definition) is 5. The van der Waals surface area contributed by atoms with Crippen molar-refractivity contribution in [1.82, 2.24) is 9.97 Å². The van der Waals surface area contributed by atoms with Gasteiger partial charge in [0.1, 0.15) is 6.61 Å². The minimum Gasteiger partial charge on any atom is -0.478 e. The summed E-state index contributed by atoms with van der Waals surface area (Å²) in [6.45, 7) is 8.70. The highest BCUT2D eigenvalue weighted by atomic mass is 16.5. The molecule has 1 heterocycles. The van der Waals surface area contributed by atoms with E-state index < -0.39 is 0 Å². The predicted molar refractivity (Wildman–Crippen MR) is 66.3 cm³/mol. The van der Waals surface area contributed by atoms with Crippen molar-refractivity contribution in [3.63, 3.8) is 0 Å². The van der Waals surface area contributed by atoms with Crippen LogP contribution in [0.2, 0.25) is 0 Å². The molecule has 1 rings (SSSR count). The minimum atomic E-state index is -0.362.